The lowest BCUT2D eigenvalue weighted by molar-refractivity contribution is 0.0940. The first-order chi connectivity index (χ1) is 19.3. The molecule has 2 atom stereocenters. The first-order valence-electron chi connectivity index (χ1n) is 14.2. The molecule has 0 spiro atoms. The monoisotopic (exact) mass is 562 g/mol. The van der Waals surface area contributed by atoms with Crippen LogP contribution in [0.4, 0.5) is 14.5 Å². The highest BCUT2D eigenvalue weighted by Crippen LogP contribution is 2.35. The second-order valence-electron chi connectivity index (χ2n) is 10.6. The van der Waals surface area contributed by atoms with Crippen LogP contribution >= 0.6 is 9.24 Å². The van der Waals surface area contributed by atoms with Crippen LogP contribution in [0.15, 0.2) is 72.9 Å². The molecule has 1 saturated heterocycles. The number of nitrogens with zero attached hydrogens (tertiary/aromatic N) is 3. The third-order valence-electron chi connectivity index (χ3n) is 7.86. The molecule has 1 fully saturated rings. The molecule has 2 unspecified atom stereocenters. The lowest BCUT2D eigenvalue weighted by Crippen LogP contribution is -2.26. The van der Waals surface area contributed by atoms with Crippen LogP contribution in [0.3, 0.4) is 0 Å². The first kappa shape index (κ1) is 28.2. The van der Waals surface area contributed by atoms with Crippen LogP contribution in [0.1, 0.15) is 77.8 Å². The molecule has 1 N–H and O–H groups in total. The van der Waals surface area contributed by atoms with Crippen LogP contribution in [0, 0.1) is 0 Å². The van der Waals surface area contributed by atoms with Gasteiger partial charge in [0.2, 0.25) is 0 Å². The highest BCUT2D eigenvalue weighted by molar-refractivity contribution is 7.17. The number of aryl methyl sites for hydroxylation is 1. The number of fused-ring (bicyclic) bond motifs is 1. The smallest absolute Gasteiger partial charge is 0.285 e. The van der Waals surface area contributed by atoms with Crippen molar-refractivity contribution < 1.29 is 13.6 Å². The van der Waals surface area contributed by atoms with E-state index in [1.165, 1.54) is 59.7 Å². The number of rotatable bonds is 7. The molecule has 0 radical (unpaired) electrons. The number of anilines is 1. The summed E-state index contributed by atoms with van der Waals surface area (Å²) in [5.41, 5.74) is 1.73. The Morgan fingerprint density at radius 2 is 1.73 bits per heavy atom. The zero-order valence-corrected chi connectivity index (χ0v) is 24.1. The van der Waals surface area contributed by atoms with Crippen molar-refractivity contribution in [1.29, 1.82) is 0 Å². The summed E-state index contributed by atoms with van der Waals surface area (Å²) in [5.74, 6) is 0.308. The molecule has 2 aromatic heterocycles. The van der Waals surface area contributed by atoms with Crippen molar-refractivity contribution in [2.24, 2.45) is 0 Å². The average molecular weight is 563 g/mol. The molecule has 5 nitrogen and oxygen atoms in total. The van der Waals surface area contributed by atoms with Crippen molar-refractivity contribution in [3.63, 3.8) is 0 Å². The number of benzene rings is 2. The summed E-state index contributed by atoms with van der Waals surface area (Å²) in [4.78, 5) is 20.2. The fourth-order valence-electron chi connectivity index (χ4n) is 5.66. The van der Waals surface area contributed by atoms with Gasteiger partial charge >= 0.3 is 0 Å². The van der Waals surface area contributed by atoms with E-state index < -0.39 is 5.66 Å². The van der Waals surface area contributed by atoms with Crippen LogP contribution in [-0.2, 0) is 18.6 Å². The second kappa shape index (κ2) is 12.5. The number of aromatic nitrogens is 2. The molecular formula is C32H37F2N4OP. The maximum absolute atomic E-state index is 13.9. The topological polar surface area (TPSA) is 49.6 Å². The van der Waals surface area contributed by atoms with Crippen molar-refractivity contribution in [2.45, 2.75) is 63.6 Å². The van der Waals surface area contributed by atoms with Crippen LogP contribution < -0.4 is 10.2 Å². The Kier molecular flexibility index (Phi) is 8.80. The van der Waals surface area contributed by atoms with Gasteiger partial charge in [0.25, 0.3) is 11.6 Å². The molecule has 8 heteroatoms. The quantitative estimate of drug-likeness (QED) is 0.241. The van der Waals surface area contributed by atoms with E-state index in [0.29, 0.717) is 35.9 Å². The fraction of sp³-hybridized carbons (Fsp3) is 0.375. The minimum atomic E-state index is -3.09. The largest absolute Gasteiger partial charge is 0.372 e. The molecule has 1 aliphatic rings. The zero-order valence-electron chi connectivity index (χ0n) is 23.0. The van der Waals surface area contributed by atoms with Gasteiger partial charge in [-0.05, 0) is 73.4 Å². The molecular weight excluding hydrogens is 525 g/mol. The highest BCUT2D eigenvalue weighted by atomic mass is 31.0. The third-order valence-corrected chi connectivity index (χ3v) is 8.20. The van der Waals surface area contributed by atoms with Gasteiger partial charge in [-0.1, -0.05) is 65.0 Å². The Hall–Kier alpha value is -3.31. The second-order valence-corrected chi connectivity index (χ2v) is 11.3. The Bertz CT molecular complexity index is 1430. The van der Waals surface area contributed by atoms with E-state index in [0.717, 1.165) is 25.1 Å². The number of halogens is 2. The molecule has 0 saturated carbocycles. The number of carbonyl (C=O) groups is 1. The summed E-state index contributed by atoms with van der Waals surface area (Å²) in [6, 6.07) is 22.1. The number of amides is 1. The number of hydrogen-bond donors (Lipinski definition) is 1. The number of hydrogen-bond acceptors (Lipinski definition) is 3. The van der Waals surface area contributed by atoms with E-state index in [2.05, 4.69) is 69.8 Å². The van der Waals surface area contributed by atoms with Gasteiger partial charge in [-0.25, -0.2) is 4.98 Å². The van der Waals surface area contributed by atoms with Gasteiger partial charge in [0, 0.05) is 37.1 Å². The van der Waals surface area contributed by atoms with Crippen molar-refractivity contribution in [3.05, 3.63) is 101 Å². The molecule has 5 rings (SSSR count). The number of nitrogens with one attached hydrogen (secondary N) is 1. The summed E-state index contributed by atoms with van der Waals surface area (Å²) in [6.45, 7) is 4.32. The number of carbonyl (C=O) groups excluding carboxylic acids is 1. The van der Waals surface area contributed by atoms with Crippen LogP contribution in [0.2, 0.25) is 0 Å². The van der Waals surface area contributed by atoms with Gasteiger partial charge in [-0.3, -0.25) is 9.20 Å². The predicted octanol–water partition coefficient (Wildman–Crippen LogP) is 7.31. The van der Waals surface area contributed by atoms with Crippen LogP contribution in [0.5, 0.6) is 0 Å². The molecule has 3 heterocycles. The third kappa shape index (κ3) is 6.52. The predicted molar refractivity (Wildman–Crippen MR) is 160 cm³/mol. The van der Waals surface area contributed by atoms with E-state index in [-0.39, 0.29) is 11.5 Å². The molecule has 210 valence electrons. The minimum absolute atomic E-state index is 0.190. The summed E-state index contributed by atoms with van der Waals surface area (Å²) in [6.07, 6.45) is 7.80. The lowest BCUT2D eigenvalue weighted by Gasteiger charge is -2.24. The van der Waals surface area contributed by atoms with E-state index in [9.17, 15) is 13.6 Å². The van der Waals surface area contributed by atoms with Crippen LogP contribution in [0.25, 0.3) is 5.65 Å². The number of pyridine rings is 1. The van der Waals surface area contributed by atoms with Gasteiger partial charge < -0.3 is 10.2 Å². The Labute approximate surface area is 237 Å². The van der Waals surface area contributed by atoms with Crippen molar-refractivity contribution in [3.8, 4) is 0 Å². The zero-order chi connectivity index (χ0) is 28.1. The van der Waals surface area contributed by atoms with Gasteiger partial charge in [0.1, 0.15) is 11.3 Å². The fourth-order valence-corrected chi connectivity index (χ4v) is 5.83. The number of alkyl halides is 2. The molecule has 0 aliphatic carbocycles. The Balaban J connectivity index is 1.23. The first-order valence-corrected chi connectivity index (χ1v) is 14.8. The van der Waals surface area contributed by atoms with Crippen molar-refractivity contribution in [2.75, 3.05) is 18.0 Å². The Morgan fingerprint density at radius 3 is 2.45 bits per heavy atom. The summed E-state index contributed by atoms with van der Waals surface area (Å²) in [5, 5.41) is 2.97. The summed E-state index contributed by atoms with van der Waals surface area (Å²) >= 11 is 0. The van der Waals surface area contributed by atoms with E-state index in [1.54, 1.807) is 9.24 Å². The molecule has 1 amide bonds. The van der Waals surface area contributed by atoms with Gasteiger partial charge in [0.05, 0.1) is 5.69 Å². The van der Waals surface area contributed by atoms with Gasteiger partial charge in [-0.2, -0.15) is 8.78 Å². The Morgan fingerprint density at radius 1 is 1.00 bits per heavy atom. The lowest BCUT2D eigenvalue weighted by atomic mass is 9.90. The standard InChI is InChI=1S/C32H37F2N4OP/c1-2-28-30(38-22-26(32(33,34)40)15-18-29(38)36-28)31(39)35-21-23-13-16-27(17-14-23)37-19-7-6-11-25(12-8-20-37)24-9-4-3-5-10-24/h3-5,9-10,13-18,22,25H,2,6-8,11-12,19-21,40H2,1H3,(H,35,39). The van der Waals surface area contributed by atoms with Crippen LogP contribution in [-0.4, -0.2) is 28.4 Å². The van der Waals surface area contributed by atoms with Gasteiger partial charge in [-0.15, -0.1) is 0 Å². The van der Waals surface area contributed by atoms with Gasteiger partial charge in [0.15, 0.2) is 0 Å². The minimum Gasteiger partial charge on any atom is -0.372 e. The maximum atomic E-state index is 13.9. The van der Waals surface area contributed by atoms with Crippen molar-refractivity contribution in [1.82, 2.24) is 14.7 Å². The SMILES string of the molecule is CCc1nc2ccc(C(F)(F)P)cn2c1C(=O)NCc1ccc(N2CCCCC(c3ccccc3)CCC2)cc1. The van der Waals surface area contributed by atoms with E-state index >= 15 is 0 Å². The molecule has 1 aliphatic heterocycles. The maximum Gasteiger partial charge on any atom is 0.285 e. The van der Waals surface area contributed by atoms with E-state index in [4.69, 9.17) is 0 Å². The molecule has 2 aromatic carbocycles. The molecule has 0 bridgehead atoms. The summed E-state index contributed by atoms with van der Waals surface area (Å²) in [7, 11) is 1.54. The van der Waals surface area contributed by atoms with E-state index in [1.807, 2.05) is 6.92 Å². The normalized spacial score (nSPS) is 16.8. The van der Waals surface area contributed by atoms with Crippen molar-refractivity contribution >= 4 is 26.5 Å². The average Bonchev–Trinajstić information content (AvgIpc) is 3.39. The molecule has 40 heavy (non-hydrogen) atoms. The summed E-state index contributed by atoms with van der Waals surface area (Å²) < 4.78 is 29.3. The number of imidazole rings is 1. The molecule has 4 aromatic rings. The highest BCUT2D eigenvalue weighted by Gasteiger charge is 2.27.